The van der Waals surface area contributed by atoms with Gasteiger partial charge in [-0.2, -0.15) is 5.10 Å². The summed E-state index contributed by atoms with van der Waals surface area (Å²) >= 11 is 6.44. The number of hydrogen-bond acceptors (Lipinski definition) is 3. The van der Waals surface area contributed by atoms with E-state index in [0.29, 0.717) is 36.1 Å². The molecule has 0 bridgehead atoms. The van der Waals surface area contributed by atoms with Crippen LogP contribution in [0.15, 0.2) is 54.6 Å². The topological polar surface area (TPSA) is 56.2 Å². The van der Waals surface area contributed by atoms with Crippen molar-refractivity contribution in [2.75, 3.05) is 13.2 Å². The Morgan fingerprint density at radius 2 is 1.77 bits per heavy atom. The van der Waals surface area contributed by atoms with Crippen LogP contribution in [0.2, 0.25) is 5.15 Å². The highest BCUT2D eigenvalue weighted by Crippen LogP contribution is 2.24. The van der Waals surface area contributed by atoms with Gasteiger partial charge in [0.15, 0.2) is 0 Å². The summed E-state index contributed by atoms with van der Waals surface area (Å²) in [4.78, 5) is 12.6. The van der Waals surface area contributed by atoms with Crippen molar-refractivity contribution in [1.82, 2.24) is 15.1 Å². The monoisotopic (exact) mass is 425 g/mol. The second-order valence-electron chi connectivity index (χ2n) is 8.27. The number of carbonyl (C=O) groups excluding carboxylic acids is 1. The van der Waals surface area contributed by atoms with Crippen molar-refractivity contribution >= 4 is 17.5 Å². The van der Waals surface area contributed by atoms with E-state index in [1.54, 1.807) is 11.6 Å². The first-order chi connectivity index (χ1) is 14.3. The lowest BCUT2D eigenvalue weighted by Crippen LogP contribution is -2.28. The molecule has 0 unspecified atom stereocenters. The fourth-order valence-corrected chi connectivity index (χ4v) is 3.47. The number of benzene rings is 2. The Kier molecular flexibility index (Phi) is 6.83. The van der Waals surface area contributed by atoms with E-state index in [1.165, 1.54) is 5.56 Å². The highest BCUT2D eigenvalue weighted by molar-refractivity contribution is 6.33. The van der Waals surface area contributed by atoms with Gasteiger partial charge in [0.1, 0.15) is 17.5 Å². The Balaban J connectivity index is 1.54. The fourth-order valence-electron chi connectivity index (χ4n) is 3.15. The van der Waals surface area contributed by atoms with Crippen LogP contribution in [0.5, 0.6) is 5.75 Å². The van der Waals surface area contributed by atoms with E-state index in [2.05, 4.69) is 43.3 Å². The van der Waals surface area contributed by atoms with Gasteiger partial charge in [0.2, 0.25) is 0 Å². The van der Waals surface area contributed by atoms with E-state index in [0.717, 1.165) is 11.3 Å². The summed E-state index contributed by atoms with van der Waals surface area (Å²) in [6, 6.07) is 17.9. The summed E-state index contributed by atoms with van der Waals surface area (Å²) in [6.07, 6.45) is 0. The summed E-state index contributed by atoms with van der Waals surface area (Å²) in [7, 11) is 0. The number of amides is 1. The Hall–Kier alpha value is -2.79. The van der Waals surface area contributed by atoms with Crippen LogP contribution in [-0.2, 0) is 12.0 Å². The van der Waals surface area contributed by atoms with Crippen LogP contribution in [-0.4, -0.2) is 28.8 Å². The lowest BCUT2D eigenvalue weighted by molar-refractivity contribution is 0.0946. The quantitative estimate of drug-likeness (QED) is 0.542. The number of aryl methyl sites for hydroxylation is 1. The number of ether oxygens (including phenoxy) is 1. The third-order valence-electron chi connectivity index (χ3n) is 4.84. The highest BCUT2D eigenvalue weighted by atomic mass is 35.5. The SMILES string of the molecule is Cc1nn(Cc2ccccc2)c(Cl)c1C(=O)NCCOc1ccc(C(C)(C)C)cc1. The van der Waals surface area contributed by atoms with Crippen LogP contribution in [0.4, 0.5) is 0 Å². The molecule has 0 atom stereocenters. The Morgan fingerprint density at radius 3 is 2.40 bits per heavy atom. The maximum atomic E-state index is 12.6. The van der Waals surface area contributed by atoms with E-state index in [9.17, 15) is 4.79 Å². The van der Waals surface area contributed by atoms with Gasteiger partial charge in [-0.15, -0.1) is 0 Å². The summed E-state index contributed by atoms with van der Waals surface area (Å²) < 4.78 is 7.38. The molecule has 0 aliphatic carbocycles. The summed E-state index contributed by atoms with van der Waals surface area (Å²) in [6.45, 7) is 9.57. The van der Waals surface area contributed by atoms with E-state index in [4.69, 9.17) is 16.3 Å². The first-order valence-corrected chi connectivity index (χ1v) is 10.4. The first-order valence-electron chi connectivity index (χ1n) is 10.0. The molecule has 0 saturated carbocycles. The van der Waals surface area contributed by atoms with Gasteiger partial charge in [-0.1, -0.05) is 74.8 Å². The smallest absolute Gasteiger partial charge is 0.256 e. The third-order valence-corrected chi connectivity index (χ3v) is 5.23. The predicted molar refractivity (Wildman–Crippen MR) is 120 cm³/mol. The molecular formula is C24H28ClN3O2. The largest absolute Gasteiger partial charge is 0.492 e. The minimum absolute atomic E-state index is 0.106. The van der Waals surface area contributed by atoms with E-state index < -0.39 is 0 Å². The molecule has 3 rings (SSSR count). The number of rotatable bonds is 7. The highest BCUT2D eigenvalue weighted by Gasteiger charge is 2.20. The second-order valence-corrected chi connectivity index (χ2v) is 8.63. The van der Waals surface area contributed by atoms with Crippen LogP contribution in [0.3, 0.4) is 0 Å². The van der Waals surface area contributed by atoms with Crippen LogP contribution in [0.25, 0.3) is 0 Å². The molecule has 0 aliphatic heterocycles. The molecular weight excluding hydrogens is 398 g/mol. The molecule has 6 heteroatoms. The number of hydrogen-bond donors (Lipinski definition) is 1. The lowest BCUT2D eigenvalue weighted by atomic mass is 9.87. The van der Waals surface area contributed by atoms with Crippen LogP contribution < -0.4 is 10.1 Å². The number of carbonyl (C=O) groups is 1. The van der Waals surface area contributed by atoms with Crippen molar-refractivity contribution in [2.45, 2.75) is 39.7 Å². The molecule has 5 nitrogen and oxygen atoms in total. The number of nitrogens with one attached hydrogen (secondary N) is 1. The van der Waals surface area contributed by atoms with Crippen molar-refractivity contribution in [3.05, 3.63) is 82.1 Å². The zero-order valence-corrected chi connectivity index (χ0v) is 18.7. The van der Waals surface area contributed by atoms with E-state index >= 15 is 0 Å². The minimum Gasteiger partial charge on any atom is -0.492 e. The normalized spacial score (nSPS) is 11.4. The molecule has 1 heterocycles. The van der Waals surface area contributed by atoms with Crippen molar-refractivity contribution in [3.63, 3.8) is 0 Å². The van der Waals surface area contributed by atoms with Gasteiger partial charge in [0, 0.05) is 0 Å². The predicted octanol–water partition coefficient (Wildman–Crippen LogP) is 5.00. The molecule has 1 N–H and O–H groups in total. The molecule has 0 fully saturated rings. The van der Waals surface area contributed by atoms with Crippen molar-refractivity contribution in [1.29, 1.82) is 0 Å². The minimum atomic E-state index is -0.247. The van der Waals surface area contributed by atoms with Crippen LogP contribution >= 0.6 is 11.6 Å². The number of halogens is 1. The average molecular weight is 426 g/mol. The fraction of sp³-hybridized carbons (Fsp3) is 0.333. The molecule has 0 radical (unpaired) electrons. The van der Waals surface area contributed by atoms with Gasteiger partial charge < -0.3 is 10.1 Å². The zero-order chi connectivity index (χ0) is 21.7. The van der Waals surface area contributed by atoms with Crippen molar-refractivity contribution in [3.8, 4) is 5.75 Å². The molecule has 1 amide bonds. The lowest BCUT2D eigenvalue weighted by Gasteiger charge is -2.19. The number of aromatic nitrogens is 2. The number of nitrogens with zero attached hydrogens (tertiary/aromatic N) is 2. The van der Waals surface area contributed by atoms with Crippen molar-refractivity contribution in [2.24, 2.45) is 0 Å². The summed E-state index contributed by atoms with van der Waals surface area (Å²) in [5, 5.41) is 7.63. The molecule has 1 aromatic heterocycles. The van der Waals surface area contributed by atoms with E-state index in [1.807, 2.05) is 42.5 Å². The Labute approximate surface area is 183 Å². The molecule has 0 spiro atoms. The maximum Gasteiger partial charge on any atom is 0.256 e. The third kappa shape index (κ3) is 5.42. The molecule has 158 valence electrons. The van der Waals surface area contributed by atoms with Crippen LogP contribution in [0, 0.1) is 6.92 Å². The van der Waals surface area contributed by atoms with Gasteiger partial charge >= 0.3 is 0 Å². The first kappa shape index (κ1) is 21.9. The standard InChI is InChI=1S/C24H28ClN3O2/c1-17-21(22(25)28(27-17)16-18-8-6-5-7-9-18)23(29)26-14-15-30-20-12-10-19(11-13-20)24(2,3)4/h5-13H,14-16H2,1-4H3,(H,26,29). The molecule has 0 aliphatic rings. The summed E-state index contributed by atoms with van der Waals surface area (Å²) in [5.41, 5.74) is 3.43. The second kappa shape index (κ2) is 9.35. The average Bonchev–Trinajstić information content (AvgIpc) is 2.98. The van der Waals surface area contributed by atoms with Crippen LogP contribution in [0.1, 0.15) is 48.0 Å². The Morgan fingerprint density at radius 1 is 1.10 bits per heavy atom. The zero-order valence-electron chi connectivity index (χ0n) is 17.9. The maximum absolute atomic E-state index is 12.6. The molecule has 30 heavy (non-hydrogen) atoms. The molecule has 0 saturated heterocycles. The summed E-state index contributed by atoms with van der Waals surface area (Å²) in [5.74, 6) is 0.533. The van der Waals surface area contributed by atoms with Crippen molar-refractivity contribution < 1.29 is 9.53 Å². The van der Waals surface area contributed by atoms with E-state index in [-0.39, 0.29) is 11.3 Å². The Bertz CT molecular complexity index is 990. The van der Waals surface area contributed by atoms with Gasteiger partial charge in [0.05, 0.1) is 24.3 Å². The molecule has 2 aromatic carbocycles. The van der Waals surface area contributed by atoms with Gasteiger partial charge in [-0.05, 0) is 35.6 Å². The molecule has 3 aromatic rings. The van der Waals surface area contributed by atoms with Gasteiger partial charge in [-0.25, -0.2) is 4.68 Å². The van der Waals surface area contributed by atoms with Gasteiger partial charge in [-0.3, -0.25) is 4.79 Å². The van der Waals surface area contributed by atoms with Gasteiger partial charge in [0.25, 0.3) is 5.91 Å².